The van der Waals surface area contributed by atoms with Gasteiger partial charge < -0.3 is 10.1 Å². The molecule has 4 aromatic rings. The summed E-state index contributed by atoms with van der Waals surface area (Å²) in [6.07, 6.45) is 2.81. The molecule has 1 amide bonds. The van der Waals surface area contributed by atoms with Gasteiger partial charge in [-0.15, -0.1) is 11.3 Å². The topological polar surface area (TPSA) is 72.7 Å². The summed E-state index contributed by atoms with van der Waals surface area (Å²) < 4.78 is 7.87. The lowest BCUT2D eigenvalue weighted by Gasteiger charge is -2.24. The number of hydrogen-bond acceptors (Lipinski definition) is 6. The van der Waals surface area contributed by atoms with Gasteiger partial charge in [-0.2, -0.15) is 0 Å². The van der Waals surface area contributed by atoms with Gasteiger partial charge in [-0.3, -0.25) is 14.2 Å². The summed E-state index contributed by atoms with van der Waals surface area (Å²) in [6, 6.07) is 20.3. The number of nitrogens with zero attached hydrogens (tertiary/aromatic N) is 2. The highest BCUT2D eigenvalue weighted by Gasteiger charge is 2.33. The average Bonchev–Trinajstić information content (AvgIpc) is 3.52. The third kappa shape index (κ3) is 4.82. The van der Waals surface area contributed by atoms with E-state index in [0.29, 0.717) is 32.9 Å². The normalized spacial score (nSPS) is 15.4. The zero-order valence-electron chi connectivity index (χ0n) is 19.9. The zero-order valence-corrected chi connectivity index (χ0v) is 21.6. The van der Waals surface area contributed by atoms with Crippen LogP contribution in [0.25, 0.3) is 6.08 Å². The maximum atomic E-state index is 13.7. The zero-order chi connectivity index (χ0) is 25.1. The number of rotatable bonds is 7. The number of anilines is 1. The number of thiophene rings is 1. The van der Waals surface area contributed by atoms with Crippen molar-refractivity contribution in [1.82, 2.24) is 4.57 Å². The summed E-state index contributed by atoms with van der Waals surface area (Å²) >= 11 is 2.85. The Labute approximate surface area is 216 Å². The van der Waals surface area contributed by atoms with Crippen molar-refractivity contribution in [2.24, 2.45) is 4.99 Å². The van der Waals surface area contributed by atoms with Gasteiger partial charge in [0.05, 0.1) is 22.4 Å². The van der Waals surface area contributed by atoms with Gasteiger partial charge in [0.1, 0.15) is 11.8 Å². The lowest BCUT2D eigenvalue weighted by molar-refractivity contribution is -0.113. The Hall–Kier alpha value is -3.75. The van der Waals surface area contributed by atoms with Gasteiger partial charge in [0, 0.05) is 10.6 Å². The van der Waals surface area contributed by atoms with Gasteiger partial charge in [0.2, 0.25) is 0 Å². The van der Waals surface area contributed by atoms with E-state index in [9.17, 15) is 9.59 Å². The molecule has 1 aliphatic rings. The minimum absolute atomic E-state index is 0.166. The van der Waals surface area contributed by atoms with E-state index >= 15 is 0 Å². The molecule has 36 heavy (non-hydrogen) atoms. The van der Waals surface area contributed by atoms with Crippen LogP contribution in [0.2, 0.25) is 0 Å². The second kappa shape index (κ2) is 10.5. The molecule has 8 heteroatoms. The highest BCUT2D eigenvalue weighted by Crippen LogP contribution is 2.33. The van der Waals surface area contributed by atoms with Crippen molar-refractivity contribution in [3.8, 4) is 5.75 Å². The Morgan fingerprint density at radius 1 is 1.11 bits per heavy atom. The molecule has 0 bridgehead atoms. The number of benzene rings is 2. The third-order valence-corrected chi connectivity index (χ3v) is 7.67. The number of ether oxygens (including phenoxy) is 1. The number of allylic oxidation sites excluding steroid dienone is 1. The molecule has 1 aliphatic heterocycles. The summed E-state index contributed by atoms with van der Waals surface area (Å²) in [7, 11) is 0. The lowest BCUT2D eigenvalue weighted by Crippen LogP contribution is -2.40. The predicted octanol–water partition coefficient (Wildman–Crippen LogP) is 4.72. The van der Waals surface area contributed by atoms with Crippen LogP contribution in [0.5, 0.6) is 5.75 Å². The van der Waals surface area contributed by atoms with Gasteiger partial charge in [0.25, 0.3) is 11.5 Å². The van der Waals surface area contributed by atoms with Crippen molar-refractivity contribution >= 4 is 40.3 Å². The molecular weight excluding hydrogens is 490 g/mol. The van der Waals surface area contributed by atoms with E-state index in [0.717, 1.165) is 22.6 Å². The van der Waals surface area contributed by atoms with Crippen LogP contribution in [0.15, 0.2) is 93.2 Å². The smallest absolute Gasteiger partial charge is 0.271 e. The number of amides is 1. The number of nitrogens with one attached hydrogen (secondary N) is 1. The second-order valence-corrected chi connectivity index (χ2v) is 10.3. The maximum absolute atomic E-state index is 13.7. The van der Waals surface area contributed by atoms with Crippen LogP contribution >= 0.6 is 22.7 Å². The number of carbonyl (C=O) groups excluding carboxylic acids is 1. The molecular formula is C28H25N3O3S2. The highest BCUT2D eigenvalue weighted by atomic mass is 32.1. The first-order chi connectivity index (χ1) is 17.5. The van der Waals surface area contributed by atoms with Gasteiger partial charge in [0.15, 0.2) is 4.80 Å². The van der Waals surface area contributed by atoms with E-state index in [1.807, 2.05) is 85.1 Å². The monoisotopic (exact) mass is 515 g/mol. The molecule has 0 saturated heterocycles. The molecule has 0 spiro atoms. The van der Waals surface area contributed by atoms with E-state index in [2.05, 4.69) is 17.2 Å². The fraction of sp³-hybridized carbons (Fsp3) is 0.179. The quantitative estimate of drug-likeness (QED) is 0.387. The Bertz CT molecular complexity index is 1580. The van der Waals surface area contributed by atoms with Gasteiger partial charge in [-0.05, 0) is 60.7 Å². The molecule has 0 unspecified atom stereocenters. The fourth-order valence-corrected chi connectivity index (χ4v) is 5.95. The molecule has 0 aliphatic carbocycles. The summed E-state index contributed by atoms with van der Waals surface area (Å²) in [4.78, 5) is 33.3. The van der Waals surface area contributed by atoms with E-state index in [-0.39, 0.29) is 11.5 Å². The SMILES string of the molecule is CCCOc1ccc(/C=c2\sc3n(c2=O)[C@H](c2cccs2)C(C(=O)Nc2ccccc2)=C(C)N=3)cc1. The minimum atomic E-state index is -0.545. The van der Waals surface area contributed by atoms with Crippen LogP contribution in [0.4, 0.5) is 5.69 Å². The molecule has 0 fully saturated rings. The molecule has 6 nitrogen and oxygen atoms in total. The van der Waals surface area contributed by atoms with E-state index < -0.39 is 6.04 Å². The highest BCUT2D eigenvalue weighted by molar-refractivity contribution is 7.10. The van der Waals surface area contributed by atoms with Crippen LogP contribution in [-0.2, 0) is 4.79 Å². The molecule has 5 rings (SSSR count). The van der Waals surface area contributed by atoms with E-state index in [1.54, 1.807) is 4.57 Å². The van der Waals surface area contributed by atoms with Crippen molar-refractivity contribution in [1.29, 1.82) is 0 Å². The summed E-state index contributed by atoms with van der Waals surface area (Å²) in [5.74, 6) is 0.538. The number of thiazole rings is 1. The molecule has 2 aromatic carbocycles. The Kier molecular flexibility index (Phi) is 6.97. The summed E-state index contributed by atoms with van der Waals surface area (Å²) in [6.45, 7) is 4.56. The van der Waals surface area contributed by atoms with Crippen LogP contribution in [0, 0.1) is 0 Å². The average molecular weight is 516 g/mol. The van der Waals surface area contributed by atoms with Crippen molar-refractivity contribution in [3.05, 3.63) is 114 Å². The Balaban J connectivity index is 1.56. The third-order valence-electron chi connectivity index (χ3n) is 5.76. The molecule has 182 valence electrons. The first kappa shape index (κ1) is 24.0. The number of fused-ring (bicyclic) bond motifs is 1. The van der Waals surface area contributed by atoms with Crippen LogP contribution in [0.1, 0.15) is 36.8 Å². The largest absolute Gasteiger partial charge is 0.494 e. The van der Waals surface area contributed by atoms with Gasteiger partial charge in [-0.1, -0.05) is 54.7 Å². The number of carbonyl (C=O) groups is 1. The standard InChI is InChI=1S/C28H25N3O3S2/c1-3-15-34-21-13-11-19(12-14-21)17-23-27(33)31-25(22-10-7-16-35-22)24(18(2)29-28(31)36-23)26(32)30-20-8-5-4-6-9-20/h4-14,16-17,25H,3,15H2,1-2H3,(H,30,32)/b23-17-/t25-/m1/s1. The summed E-state index contributed by atoms with van der Waals surface area (Å²) in [5.41, 5.74) is 2.50. The number of aromatic nitrogens is 1. The minimum Gasteiger partial charge on any atom is -0.494 e. The molecule has 0 saturated carbocycles. The Morgan fingerprint density at radius 2 is 1.89 bits per heavy atom. The summed E-state index contributed by atoms with van der Waals surface area (Å²) in [5, 5.41) is 4.92. The van der Waals surface area contributed by atoms with Gasteiger partial charge in [-0.25, -0.2) is 4.99 Å². The molecule has 1 atom stereocenters. The number of para-hydroxylation sites is 1. The number of hydrogen-bond donors (Lipinski definition) is 1. The van der Waals surface area contributed by atoms with E-state index in [4.69, 9.17) is 4.74 Å². The van der Waals surface area contributed by atoms with Crippen molar-refractivity contribution in [2.45, 2.75) is 26.3 Å². The fourth-order valence-electron chi connectivity index (χ4n) is 4.08. The molecule has 3 heterocycles. The first-order valence-electron chi connectivity index (χ1n) is 11.7. The van der Waals surface area contributed by atoms with Gasteiger partial charge >= 0.3 is 0 Å². The van der Waals surface area contributed by atoms with Crippen molar-refractivity contribution in [3.63, 3.8) is 0 Å². The lowest BCUT2D eigenvalue weighted by atomic mass is 10.0. The first-order valence-corrected chi connectivity index (χ1v) is 13.4. The second-order valence-electron chi connectivity index (χ2n) is 8.33. The maximum Gasteiger partial charge on any atom is 0.271 e. The molecule has 2 aromatic heterocycles. The van der Waals surface area contributed by atoms with E-state index in [1.165, 1.54) is 22.7 Å². The predicted molar refractivity (Wildman–Crippen MR) is 145 cm³/mol. The Morgan fingerprint density at radius 3 is 2.58 bits per heavy atom. The van der Waals surface area contributed by atoms with Crippen LogP contribution < -0.4 is 24.9 Å². The van der Waals surface area contributed by atoms with Crippen molar-refractivity contribution < 1.29 is 9.53 Å². The van der Waals surface area contributed by atoms with Crippen molar-refractivity contribution in [2.75, 3.05) is 11.9 Å². The van der Waals surface area contributed by atoms with Crippen LogP contribution in [0.3, 0.4) is 0 Å². The molecule has 1 N–H and O–H groups in total. The molecule has 0 radical (unpaired) electrons. The van der Waals surface area contributed by atoms with Crippen LogP contribution in [-0.4, -0.2) is 17.1 Å².